The first kappa shape index (κ1) is 25.2. The number of carbonyl (C=O) groups is 2. The lowest BCUT2D eigenvalue weighted by Crippen LogP contribution is -2.50. The Morgan fingerprint density at radius 3 is 2.28 bits per heavy atom. The van der Waals surface area contributed by atoms with Crippen LogP contribution in [0.5, 0.6) is 11.5 Å². The number of benzene rings is 2. The summed E-state index contributed by atoms with van der Waals surface area (Å²) in [7, 11) is 1.60. The summed E-state index contributed by atoms with van der Waals surface area (Å²) < 4.78 is 11.1. The number of hydrogen-bond acceptors (Lipinski definition) is 4. The van der Waals surface area contributed by atoms with Crippen LogP contribution in [0, 0.1) is 0 Å². The lowest BCUT2D eigenvalue weighted by molar-refractivity contribution is -0.142. The molecule has 0 saturated heterocycles. The van der Waals surface area contributed by atoms with Gasteiger partial charge in [0.15, 0.2) is 6.61 Å². The molecular formula is C26H36N2O4. The summed E-state index contributed by atoms with van der Waals surface area (Å²) in [5.74, 6) is 0.918. The topological polar surface area (TPSA) is 67.9 Å². The van der Waals surface area contributed by atoms with E-state index in [-0.39, 0.29) is 30.4 Å². The summed E-state index contributed by atoms with van der Waals surface area (Å²) >= 11 is 0. The predicted molar refractivity (Wildman–Crippen MR) is 127 cm³/mol. The van der Waals surface area contributed by atoms with Crippen molar-refractivity contribution in [3.8, 4) is 11.5 Å². The van der Waals surface area contributed by atoms with Gasteiger partial charge in [0.05, 0.1) is 7.11 Å². The van der Waals surface area contributed by atoms with Gasteiger partial charge in [-0.25, -0.2) is 0 Å². The van der Waals surface area contributed by atoms with E-state index in [9.17, 15) is 9.59 Å². The minimum atomic E-state index is -0.583. The molecule has 0 aromatic heterocycles. The van der Waals surface area contributed by atoms with Crippen molar-refractivity contribution >= 4 is 11.8 Å². The van der Waals surface area contributed by atoms with Crippen LogP contribution in [0.3, 0.4) is 0 Å². The Balaban J connectivity index is 2.19. The highest BCUT2D eigenvalue weighted by atomic mass is 16.5. The lowest BCUT2D eigenvalue weighted by Gasteiger charge is -2.30. The van der Waals surface area contributed by atoms with Crippen molar-refractivity contribution in [3.63, 3.8) is 0 Å². The van der Waals surface area contributed by atoms with E-state index in [4.69, 9.17) is 9.47 Å². The molecule has 2 aromatic rings. The quantitative estimate of drug-likeness (QED) is 0.598. The minimum absolute atomic E-state index is 0.0445. The van der Waals surface area contributed by atoms with Crippen molar-refractivity contribution in [2.45, 2.75) is 59.0 Å². The molecule has 1 unspecified atom stereocenters. The molecule has 0 saturated carbocycles. The van der Waals surface area contributed by atoms with Crippen LogP contribution >= 0.6 is 0 Å². The number of methoxy groups -OCH3 is 1. The number of nitrogens with zero attached hydrogens (tertiary/aromatic N) is 1. The zero-order valence-electron chi connectivity index (χ0n) is 20.1. The highest BCUT2D eigenvalue weighted by Crippen LogP contribution is 2.24. The molecule has 0 fully saturated rings. The van der Waals surface area contributed by atoms with Gasteiger partial charge in [-0.2, -0.15) is 0 Å². The van der Waals surface area contributed by atoms with Crippen LogP contribution in [0.15, 0.2) is 48.5 Å². The number of nitrogens with one attached hydrogen (secondary N) is 1. The fraction of sp³-hybridized carbons (Fsp3) is 0.462. The van der Waals surface area contributed by atoms with E-state index in [1.54, 1.807) is 12.0 Å². The minimum Gasteiger partial charge on any atom is -0.497 e. The fourth-order valence-electron chi connectivity index (χ4n) is 3.46. The van der Waals surface area contributed by atoms with Crippen molar-refractivity contribution in [3.05, 3.63) is 59.7 Å². The van der Waals surface area contributed by atoms with Gasteiger partial charge >= 0.3 is 0 Å². The van der Waals surface area contributed by atoms with Crippen molar-refractivity contribution in [1.29, 1.82) is 0 Å². The van der Waals surface area contributed by atoms with Gasteiger partial charge in [-0.15, -0.1) is 0 Å². The normalized spacial score (nSPS) is 12.1. The number of likely N-dealkylation sites (N-methyl/N-ethyl adjacent to an activating group) is 1. The second kappa shape index (κ2) is 11.6. The molecule has 0 radical (unpaired) electrons. The van der Waals surface area contributed by atoms with Crippen LogP contribution < -0.4 is 14.8 Å². The van der Waals surface area contributed by atoms with Crippen molar-refractivity contribution < 1.29 is 19.1 Å². The molecule has 0 aliphatic rings. The summed E-state index contributed by atoms with van der Waals surface area (Å²) in [5, 5.41) is 2.84. The van der Waals surface area contributed by atoms with Crippen molar-refractivity contribution in [1.82, 2.24) is 10.2 Å². The van der Waals surface area contributed by atoms with E-state index >= 15 is 0 Å². The summed E-state index contributed by atoms with van der Waals surface area (Å²) in [4.78, 5) is 27.5. The molecular weight excluding hydrogens is 404 g/mol. The predicted octanol–water partition coefficient (Wildman–Crippen LogP) is 4.32. The first-order chi connectivity index (χ1) is 15.2. The Kier molecular flexibility index (Phi) is 9.12. The van der Waals surface area contributed by atoms with E-state index in [1.807, 2.05) is 62.4 Å². The van der Waals surface area contributed by atoms with Gasteiger partial charge in [-0.1, -0.05) is 52.0 Å². The van der Waals surface area contributed by atoms with Crippen LogP contribution in [0.2, 0.25) is 0 Å². The molecule has 2 rings (SSSR count). The molecule has 6 nitrogen and oxygen atoms in total. The summed E-state index contributed by atoms with van der Waals surface area (Å²) in [6.07, 6.45) is 0.502. The molecule has 174 valence electrons. The van der Waals surface area contributed by atoms with Gasteiger partial charge < -0.3 is 19.7 Å². The average Bonchev–Trinajstić information content (AvgIpc) is 2.77. The monoisotopic (exact) mass is 440 g/mol. The third-order valence-corrected chi connectivity index (χ3v) is 5.31. The highest BCUT2D eigenvalue weighted by molar-refractivity contribution is 5.88. The standard InChI is InChI=1S/C26H36N2O4/c1-7-23(25(30)27-8-2)28(17-19-10-9-11-22(16-19)31-6)24(29)18-32-21-14-12-20(13-15-21)26(3,4)5/h9-16,23H,7-8,17-18H2,1-6H3,(H,27,30). The zero-order valence-corrected chi connectivity index (χ0v) is 20.1. The Bertz CT molecular complexity index is 887. The Hall–Kier alpha value is -3.02. The SMILES string of the molecule is CCNC(=O)C(CC)N(Cc1cccc(OC)c1)C(=O)COc1ccc(C(C)(C)C)cc1. The van der Waals surface area contributed by atoms with Gasteiger partial charge in [0, 0.05) is 13.1 Å². The first-order valence-corrected chi connectivity index (χ1v) is 11.1. The van der Waals surface area contributed by atoms with E-state index in [0.717, 1.165) is 5.56 Å². The number of rotatable bonds is 10. The largest absolute Gasteiger partial charge is 0.497 e. The number of amides is 2. The molecule has 1 atom stereocenters. The lowest BCUT2D eigenvalue weighted by atomic mass is 9.87. The van der Waals surface area contributed by atoms with Crippen molar-refractivity contribution in [2.24, 2.45) is 0 Å². The molecule has 6 heteroatoms. The van der Waals surface area contributed by atoms with Gasteiger partial charge in [0.2, 0.25) is 5.91 Å². The van der Waals surface area contributed by atoms with Crippen molar-refractivity contribution in [2.75, 3.05) is 20.3 Å². The van der Waals surface area contributed by atoms with E-state index in [2.05, 4.69) is 26.1 Å². The highest BCUT2D eigenvalue weighted by Gasteiger charge is 2.28. The summed E-state index contributed by atoms with van der Waals surface area (Å²) in [6.45, 7) is 10.9. The molecule has 0 aliphatic heterocycles. The summed E-state index contributed by atoms with van der Waals surface area (Å²) in [6, 6.07) is 14.7. The Labute approximate surface area is 191 Å². The average molecular weight is 441 g/mol. The fourth-order valence-corrected chi connectivity index (χ4v) is 3.46. The third-order valence-electron chi connectivity index (χ3n) is 5.31. The Morgan fingerprint density at radius 1 is 1.03 bits per heavy atom. The maximum absolute atomic E-state index is 13.2. The molecule has 0 heterocycles. The van der Waals surface area contributed by atoms with Crippen LogP contribution in [0.25, 0.3) is 0 Å². The first-order valence-electron chi connectivity index (χ1n) is 11.1. The Morgan fingerprint density at radius 2 is 1.72 bits per heavy atom. The third kappa shape index (κ3) is 7.01. The smallest absolute Gasteiger partial charge is 0.261 e. The molecule has 0 aliphatic carbocycles. The second-order valence-electron chi connectivity index (χ2n) is 8.75. The van der Waals surface area contributed by atoms with Gasteiger partial charge in [0.25, 0.3) is 5.91 Å². The van der Waals surface area contributed by atoms with Gasteiger partial charge in [-0.05, 0) is 54.2 Å². The molecule has 32 heavy (non-hydrogen) atoms. The maximum atomic E-state index is 13.2. The molecule has 0 bridgehead atoms. The molecule has 1 N–H and O–H groups in total. The van der Waals surface area contributed by atoms with E-state index in [0.29, 0.717) is 24.5 Å². The van der Waals surface area contributed by atoms with Crippen LogP contribution in [-0.4, -0.2) is 43.0 Å². The van der Waals surface area contributed by atoms with Crippen LogP contribution in [0.4, 0.5) is 0 Å². The van der Waals surface area contributed by atoms with Gasteiger partial charge in [-0.3, -0.25) is 9.59 Å². The molecule has 2 amide bonds. The van der Waals surface area contributed by atoms with Crippen LogP contribution in [0.1, 0.15) is 52.2 Å². The van der Waals surface area contributed by atoms with Gasteiger partial charge in [0.1, 0.15) is 17.5 Å². The second-order valence-corrected chi connectivity index (χ2v) is 8.75. The van der Waals surface area contributed by atoms with E-state index in [1.165, 1.54) is 5.56 Å². The maximum Gasteiger partial charge on any atom is 0.261 e. The number of hydrogen-bond donors (Lipinski definition) is 1. The number of carbonyl (C=O) groups excluding carboxylic acids is 2. The summed E-state index contributed by atoms with van der Waals surface area (Å²) in [5.41, 5.74) is 2.12. The van der Waals surface area contributed by atoms with E-state index < -0.39 is 6.04 Å². The van der Waals surface area contributed by atoms with Crippen LogP contribution in [-0.2, 0) is 21.5 Å². The molecule has 0 spiro atoms. The molecule has 2 aromatic carbocycles. The number of ether oxygens (including phenoxy) is 2. The zero-order chi connectivity index (χ0) is 23.7.